The fourth-order valence-corrected chi connectivity index (χ4v) is 1.69. The molecule has 1 unspecified atom stereocenters. The first-order chi connectivity index (χ1) is 8.06. The molecule has 0 aromatic heterocycles. The summed E-state index contributed by atoms with van der Waals surface area (Å²) in [5.74, 6) is -0.118. The van der Waals surface area contributed by atoms with Crippen LogP contribution in [0.2, 0.25) is 5.02 Å². The highest BCUT2D eigenvalue weighted by molar-refractivity contribution is 6.33. The molecule has 1 N–H and O–H groups in total. The quantitative estimate of drug-likeness (QED) is 0.833. The molecule has 0 aliphatic heterocycles. The molecule has 1 rings (SSSR count). The number of aliphatic hydroxyl groups excluding tert-OH is 1. The fourth-order valence-electron chi connectivity index (χ4n) is 1.35. The van der Waals surface area contributed by atoms with Gasteiger partial charge in [-0.2, -0.15) is 0 Å². The Labute approximate surface area is 104 Å². The van der Waals surface area contributed by atoms with Gasteiger partial charge in [0.05, 0.1) is 26.4 Å². The third-order valence-corrected chi connectivity index (χ3v) is 2.62. The van der Waals surface area contributed by atoms with Gasteiger partial charge in [0, 0.05) is 5.56 Å². The predicted octanol–water partition coefficient (Wildman–Crippen LogP) is 1.56. The molecule has 0 amide bonds. The SMILES string of the molecule is COC(=O)C(O)c1ccc(OC)c(OC)c1Cl. The Morgan fingerprint density at radius 2 is 1.94 bits per heavy atom. The van der Waals surface area contributed by atoms with Crippen molar-refractivity contribution in [3.05, 3.63) is 22.7 Å². The van der Waals surface area contributed by atoms with E-state index in [1.54, 1.807) is 6.07 Å². The van der Waals surface area contributed by atoms with Crippen LogP contribution in [0.5, 0.6) is 11.5 Å². The van der Waals surface area contributed by atoms with E-state index in [4.69, 9.17) is 21.1 Å². The van der Waals surface area contributed by atoms with Crippen molar-refractivity contribution in [2.24, 2.45) is 0 Å². The van der Waals surface area contributed by atoms with Gasteiger partial charge in [-0.1, -0.05) is 17.7 Å². The number of rotatable bonds is 4. The molecule has 0 saturated carbocycles. The maximum Gasteiger partial charge on any atom is 0.339 e. The van der Waals surface area contributed by atoms with E-state index < -0.39 is 12.1 Å². The Kier molecular flexibility index (Phi) is 4.60. The number of benzene rings is 1. The minimum Gasteiger partial charge on any atom is -0.493 e. The van der Waals surface area contributed by atoms with Gasteiger partial charge in [-0.15, -0.1) is 0 Å². The molecule has 0 saturated heterocycles. The number of carbonyl (C=O) groups is 1. The molecule has 0 fully saturated rings. The van der Waals surface area contributed by atoms with E-state index in [1.807, 2.05) is 0 Å². The molecule has 17 heavy (non-hydrogen) atoms. The molecular weight excluding hydrogens is 248 g/mol. The average Bonchev–Trinajstić information content (AvgIpc) is 2.36. The van der Waals surface area contributed by atoms with E-state index in [0.29, 0.717) is 5.75 Å². The van der Waals surface area contributed by atoms with E-state index in [0.717, 1.165) is 0 Å². The first kappa shape index (κ1) is 13.6. The van der Waals surface area contributed by atoms with E-state index >= 15 is 0 Å². The van der Waals surface area contributed by atoms with Gasteiger partial charge in [0.2, 0.25) is 0 Å². The van der Waals surface area contributed by atoms with Gasteiger partial charge in [-0.05, 0) is 6.07 Å². The van der Waals surface area contributed by atoms with Crippen LogP contribution < -0.4 is 9.47 Å². The van der Waals surface area contributed by atoms with E-state index in [9.17, 15) is 9.90 Å². The molecule has 0 radical (unpaired) electrons. The van der Waals surface area contributed by atoms with Crippen LogP contribution in [0.3, 0.4) is 0 Å². The van der Waals surface area contributed by atoms with E-state index in [2.05, 4.69) is 4.74 Å². The monoisotopic (exact) mass is 260 g/mol. The van der Waals surface area contributed by atoms with Crippen molar-refractivity contribution in [1.29, 1.82) is 0 Å². The summed E-state index contributed by atoms with van der Waals surface area (Å²) in [6.07, 6.45) is -1.45. The summed E-state index contributed by atoms with van der Waals surface area (Å²) < 4.78 is 14.5. The Balaban J connectivity index is 3.23. The van der Waals surface area contributed by atoms with Crippen LogP contribution >= 0.6 is 11.6 Å². The summed E-state index contributed by atoms with van der Waals surface area (Å²) in [7, 11) is 4.06. The van der Waals surface area contributed by atoms with Gasteiger partial charge in [0.1, 0.15) is 0 Å². The molecule has 1 aromatic rings. The smallest absolute Gasteiger partial charge is 0.339 e. The first-order valence-corrected chi connectivity index (χ1v) is 5.10. The largest absolute Gasteiger partial charge is 0.493 e. The summed E-state index contributed by atoms with van der Waals surface area (Å²) in [6, 6.07) is 3.03. The van der Waals surface area contributed by atoms with Gasteiger partial charge >= 0.3 is 5.97 Å². The Morgan fingerprint density at radius 3 is 2.41 bits per heavy atom. The van der Waals surface area contributed by atoms with Crippen molar-refractivity contribution in [3.8, 4) is 11.5 Å². The lowest BCUT2D eigenvalue weighted by Gasteiger charge is -2.15. The third kappa shape index (κ3) is 2.62. The van der Waals surface area contributed by atoms with Gasteiger partial charge in [0.15, 0.2) is 17.6 Å². The summed E-state index contributed by atoms with van der Waals surface area (Å²) >= 11 is 6.02. The number of carbonyl (C=O) groups excluding carboxylic acids is 1. The topological polar surface area (TPSA) is 65.0 Å². The highest BCUT2D eigenvalue weighted by atomic mass is 35.5. The van der Waals surface area contributed by atoms with Gasteiger partial charge in [-0.3, -0.25) is 0 Å². The molecule has 5 nitrogen and oxygen atoms in total. The second-order valence-corrected chi connectivity index (χ2v) is 3.51. The number of methoxy groups -OCH3 is 3. The summed E-state index contributed by atoms with van der Waals surface area (Å²) in [5.41, 5.74) is 0.205. The molecule has 0 heterocycles. The van der Waals surface area contributed by atoms with Crippen molar-refractivity contribution in [1.82, 2.24) is 0 Å². The molecule has 6 heteroatoms. The molecule has 0 aliphatic rings. The van der Waals surface area contributed by atoms with Crippen LogP contribution in [-0.2, 0) is 9.53 Å². The molecule has 0 aliphatic carbocycles. The first-order valence-electron chi connectivity index (χ1n) is 4.73. The van der Waals surface area contributed by atoms with Crippen LogP contribution in [0.4, 0.5) is 0 Å². The molecule has 1 aromatic carbocycles. The van der Waals surface area contributed by atoms with Crippen molar-refractivity contribution in [2.45, 2.75) is 6.10 Å². The zero-order chi connectivity index (χ0) is 13.0. The molecule has 0 spiro atoms. The standard InChI is InChI=1S/C11H13ClO5/c1-15-7-5-4-6(8(12)10(7)16-2)9(13)11(14)17-3/h4-5,9,13H,1-3H3. The molecule has 94 valence electrons. The lowest BCUT2D eigenvalue weighted by atomic mass is 10.1. The lowest BCUT2D eigenvalue weighted by Crippen LogP contribution is -2.14. The van der Waals surface area contributed by atoms with Crippen LogP contribution in [0, 0.1) is 0 Å². The van der Waals surface area contributed by atoms with Crippen LogP contribution in [-0.4, -0.2) is 32.4 Å². The average molecular weight is 261 g/mol. The lowest BCUT2D eigenvalue weighted by molar-refractivity contribution is -0.150. The van der Waals surface area contributed by atoms with Crippen molar-refractivity contribution in [2.75, 3.05) is 21.3 Å². The highest BCUT2D eigenvalue weighted by Crippen LogP contribution is 2.39. The summed E-state index contributed by atoms with van der Waals surface area (Å²) in [5, 5.41) is 9.81. The van der Waals surface area contributed by atoms with E-state index in [-0.39, 0.29) is 16.3 Å². The zero-order valence-electron chi connectivity index (χ0n) is 9.69. The Bertz CT molecular complexity index is 419. The van der Waals surface area contributed by atoms with Crippen LogP contribution in [0.25, 0.3) is 0 Å². The zero-order valence-corrected chi connectivity index (χ0v) is 10.4. The number of hydrogen-bond acceptors (Lipinski definition) is 5. The summed E-state index contributed by atoms with van der Waals surface area (Å²) in [6.45, 7) is 0. The third-order valence-electron chi connectivity index (χ3n) is 2.23. The summed E-state index contributed by atoms with van der Waals surface area (Å²) in [4.78, 5) is 11.2. The fraction of sp³-hybridized carbons (Fsp3) is 0.364. The number of esters is 1. The normalized spacial score (nSPS) is 11.8. The maximum absolute atomic E-state index is 11.2. The van der Waals surface area contributed by atoms with Crippen molar-refractivity contribution >= 4 is 17.6 Å². The number of aliphatic hydroxyl groups is 1. The van der Waals surface area contributed by atoms with Crippen molar-refractivity contribution < 1.29 is 24.1 Å². The van der Waals surface area contributed by atoms with Crippen LogP contribution in [0.15, 0.2) is 12.1 Å². The minimum absolute atomic E-state index is 0.116. The van der Waals surface area contributed by atoms with Gasteiger partial charge < -0.3 is 19.3 Å². The van der Waals surface area contributed by atoms with E-state index in [1.165, 1.54) is 27.4 Å². The Morgan fingerprint density at radius 1 is 1.29 bits per heavy atom. The highest BCUT2D eigenvalue weighted by Gasteiger charge is 2.24. The number of halogens is 1. The van der Waals surface area contributed by atoms with Gasteiger partial charge in [-0.25, -0.2) is 4.79 Å². The molecular formula is C11H13ClO5. The maximum atomic E-state index is 11.2. The number of ether oxygens (including phenoxy) is 3. The number of hydrogen-bond donors (Lipinski definition) is 1. The molecule has 0 bridgehead atoms. The van der Waals surface area contributed by atoms with Crippen molar-refractivity contribution in [3.63, 3.8) is 0 Å². The minimum atomic E-state index is -1.45. The van der Waals surface area contributed by atoms with Crippen LogP contribution in [0.1, 0.15) is 11.7 Å². The second kappa shape index (κ2) is 5.75. The Hall–Kier alpha value is -1.46. The van der Waals surface area contributed by atoms with Gasteiger partial charge in [0.25, 0.3) is 0 Å². The predicted molar refractivity (Wildman–Crippen MR) is 61.5 cm³/mol. The second-order valence-electron chi connectivity index (χ2n) is 3.13. The molecule has 1 atom stereocenters.